The summed E-state index contributed by atoms with van der Waals surface area (Å²) >= 11 is 0. The quantitative estimate of drug-likeness (QED) is 0.562. The Balaban J connectivity index is 1.55. The molecule has 3 heterocycles. The molecular weight excluding hydrogens is 362 g/mol. The van der Waals surface area contributed by atoms with Crippen molar-refractivity contribution in [3.05, 3.63) is 71.4 Å². The standard InChI is InChI=1S/C22H23N7/c1-14-5-4-6-15(9-14)12-28-13-17(10-16-7-2-3-8-19(16)28)29-21-18(11-25-29)20(23)26-22(24)27-21/h2-9,11,17H,10,12-13H2,1H3,(H4,23,24,26,27). The summed E-state index contributed by atoms with van der Waals surface area (Å²) in [5, 5.41) is 5.34. The van der Waals surface area contributed by atoms with E-state index in [0.29, 0.717) is 11.5 Å². The molecule has 0 aliphatic carbocycles. The second kappa shape index (κ2) is 6.77. The van der Waals surface area contributed by atoms with Crippen LogP contribution in [0.1, 0.15) is 22.7 Å². The fourth-order valence-electron chi connectivity index (χ4n) is 4.24. The van der Waals surface area contributed by atoms with Crippen molar-refractivity contribution < 1.29 is 0 Å². The second-order valence-electron chi connectivity index (χ2n) is 7.65. The number of nitrogen functional groups attached to an aromatic ring is 2. The molecule has 1 atom stereocenters. The highest BCUT2D eigenvalue weighted by molar-refractivity contribution is 5.86. The van der Waals surface area contributed by atoms with E-state index in [4.69, 9.17) is 11.5 Å². The molecule has 0 spiro atoms. The smallest absolute Gasteiger partial charge is 0.224 e. The predicted octanol–water partition coefficient (Wildman–Crippen LogP) is 3.10. The lowest BCUT2D eigenvalue weighted by molar-refractivity contribution is 0.439. The van der Waals surface area contributed by atoms with Gasteiger partial charge in [-0.15, -0.1) is 0 Å². The van der Waals surface area contributed by atoms with Gasteiger partial charge in [0, 0.05) is 18.8 Å². The fraction of sp³-hybridized carbons (Fsp3) is 0.227. The van der Waals surface area contributed by atoms with Gasteiger partial charge in [0.2, 0.25) is 5.95 Å². The molecule has 0 bridgehead atoms. The molecule has 4 N–H and O–H groups in total. The summed E-state index contributed by atoms with van der Waals surface area (Å²) in [5.74, 6) is 0.538. The molecule has 29 heavy (non-hydrogen) atoms. The second-order valence-corrected chi connectivity index (χ2v) is 7.65. The molecule has 7 heteroatoms. The van der Waals surface area contributed by atoms with Gasteiger partial charge in [-0.3, -0.25) is 0 Å². The van der Waals surface area contributed by atoms with Crippen LogP contribution in [0.5, 0.6) is 0 Å². The van der Waals surface area contributed by atoms with Crippen molar-refractivity contribution in [3.63, 3.8) is 0 Å². The van der Waals surface area contributed by atoms with Crippen LogP contribution in [0.15, 0.2) is 54.7 Å². The molecule has 1 unspecified atom stereocenters. The first kappa shape index (κ1) is 17.5. The van der Waals surface area contributed by atoms with E-state index in [1.807, 2.05) is 4.68 Å². The summed E-state index contributed by atoms with van der Waals surface area (Å²) in [6, 6.07) is 17.4. The average Bonchev–Trinajstić information content (AvgIpc) is 3.12. The van der Waals surface area contributed by atoms with Crippen LogP contribution in [0.2, 0.25) is 0 Å². The number of aromatic nitrogens is 4. The number of para-hydroxylation sites is 1. The predicted molar refractivity (Wildman–Crippen MR) is 116 cm³/mol. The van der Waals surface area contributed by atoms with E-state index < -0.39 is 0 Å². The summed E-state index contributed by atoms with van der Waals surface area (Å²) < 4.78 is 1.95. The van der Waals surface area contributed by atoms with Gasteiger partial charge in [-0.05, 0) is 30.5 Å². The first-order valence-corrected chi connectivity index (χ1v) is 9.73. The summed E-state index contributed by atoms with van der Waals surface area (Å²) in [7, 11) is 0. The number of aryl methyl sites for hydroxylation is 1. The van der Waals surface area contributed by atoms with Crippen molar-refractivity contribution in [1.82, 2.24) is 19.7 Å². The molecule has 0 amide bonds. The van der Waals surface area contributed by atoms with Crippen molar-refractivity contribution in [2.24, 2.45) is 0 Å². The summed E-state index contributed by atoms with van der Waals surface area (Å²) in [5.41, 5.74) is 17.7. The maximum absolute atomic E-state index is 6.03. The first-order chi connectivity index (χ1) is 14.1. The number of rotatable bonds is 3. The Hall–Kier alpha value is -3.61. The third kappa shape index (κ3) is 3.14. The van der Waals surface area contributed by atoms with Crippen molar-refractivity contribution in [3.8, 4) is 0 Å². The van der Waals surface area contributed by atoms with Gasteiger partial charge in [-0.2, -0.15) is 15.1 Å². The minimum atomic E-state index is 0.126. The molecule has 4 aromatic rings. The maximum Gasteiger partial charge on any atom is 0.224 e. The Kier molecular flexibility index (Phi) is 4.08. The normalized spacial score (nSPS) is 16.2. The molecule has 0 saturated heterocycles. The molecule has 0 saturated carbocycles. The lowest BCUT2D eigenvalue weighted by atomic mass is 9.97. The zero-order chi connectivity index (χ0) is 20.0. The van der Waals surface area contributed by atoms with E-state index in [1.165, 1.54) is 22.4 Å². The molecule has 0 radical (unpaired) electrons. The monoisotopic (exact) mass is 385 g/mol. The number of hydrogen-bond donors (Lipinski definition) is 2. The highest BCUT2D eigenvalue weighted by Crippen LogP contribution is 2.34. The maximum atomic E-state index is 6.03. The summed E-state index contributed by atoms with van der Waals surface area (Å²) in [6.45, 7) is 3.79. The van der Waals surface area contributed by atoms with Gasteiger partial charge in [0.05, 0.1) is 17.6 Å². The van der Waals surface area contributed by atoms with Gasteiger partial charge >= 0.3 is 0 Å². The summed E-state index contributed by atoms with van der Waals surface area (Å²) in [4.78, 5) is 10.9. The van der Waals surface area contributed by atoms with E-state index in [-0.39, 0.29) is 12.0 Å². The number of anilines is 3. The molecule has 146 valence electrons. The van der Waals surface area contributed by atoms with Gasteiger partial charge in [0.15, 0.2) is 5.65 Å². The van der Waals surface area contributed by atoms with Crippen molar-refractivity contribution in [1.29, 1.82) is 0 Å². The minimum Gasteiger partial charge on any atom is -0.383 e. The number of hydrogen-bond acceptors (Lipinski definition) is 6. The fourth-order valence-corrected chi connectivity index (χ4v) is 4.24. The zero-order valence-electron chi connectivity index (χ0n) is 16.3. The Morgan fingerprint density at radius 1 is 1.07 bits per heavy atom. The van der Waals surface area contributed by atoms with Gasteiger partial charge in [0.1, 0.15) is 5.82 Å². The molecule has 1 aliphatic rings. The van der Waals surface area contributed by atoms with Crippen LogP contribution in [0.3, 0.4) is 0 Å². The topological polar surface area (TPSA) is 98.9 Å². The largest absolute Gasteiger partial charge is 0.383 e. The number of nitrogens with zero attached hydrogens (tertiary/aromatic N) is 5. The minimum absolute atomic E-state index is 0.126. The number of benzene rings is 2. The van der Waals surface area contributed by atoms with Gasteiger partial charge in [-0.25, -0.2) is 4.68 Å². The van der Waals surface area contributed by atoms with Crippen molar-refractivity contribution >= 4 is 28.5 Å². The van der Waals surface area contributed by atoms with Crippen LogP contribution >= 0.6 is 0 Å². The van der Waals surface area contributed by atoms with E-state index in [9.17, 15) is 0 Å². The Morgan fingerprint density at radius 3 is 2.79 bits per heavy atom. The van der Waals surface area contributed by atoms with E-state index in [0.717, 1.165) is 24.9 Å². The molecular formula is C22H23N7. The highest BCUT2D eigenvalue weighted by atomic mass is 15.3. The highest BCUT2D eigenvalue weighted by Gasteiger charge is 2.28. The lowest BCUT2D eigenvalue weighted by Crippen LogP contribution is -2.36. The molecule has 5 rings (SSSR count). The Labute approximate surface area is 169 Å². The SMILES string of the molecule is Cc1cccc(CN2CC(n3ncc4c(N)nc(N)nc43)Cc3ccccc32)c1. The van der Waals surface area contributed by atoms with E-state index in [2.05, 4.69) is 75.4 Å². The van der Waals surface area contributed by atoms with E-state index in [1.54, 1.807) is 6.20 Å². The molecule has 7 nitrogen and oxygen atoms in total. The van der Waals surface area contributed by atoms with Crippen LogP contribution in [0.25, 0.3) is 11.0 Å². The number of nitrogens with two attached hydrogens (primary N) is 2. The van der Waals surface area contributed by atoms with Gasteiger partial charge < -0.3 is 16.4 Å². The molecule has 2 aromatic carbocycles. The van der Waals surface area contributed by atoms with Crippen molar-refractivity contribution in [2.75, 3.05) is 22.9 Å². The number of fused-ring (bicyclic) bond motifs is 2. The van der Waals surface area contributed by atoms with Gasteiger partial charge in [0.25, 0.3) is 0 Å². The molecule has 0 fully saturated rings. The first-order valence-electron chi connectivity index (χ1n) is 9.73. The molecule has 1 aliphatic heterocycles. The van der Waals surface area contributed by atoms with Crippen LogP contribution in [0, 0.1) is 6.92 Å². The third-order valence-corrected chi connectivity index (χ3v) is 5.52. The van der Waals surface area contributed by atoms with Crippen molar-refractivity contribution in [2.45, 2.75) is 25.9 Å². The molecule has 2 aromatic heterocycles. The lowest BCUT2D eigenvalue weighted by Gasteiger charge is -2.36. The Bertz CT molecular complexity index is 1200. The average molecular weight is 385 g/mol. The summed E-state index contributed by atoms with van der Waals surface area (Å²) in [6.07, 6.45) is 2.61. The van der Waals surface area contributed by atoms with Crippen LogP contribution in [-0.4, -0.2) is 26.3 Å². The van der Waals surface area contributed by atoms with Crippen LogP contribution in [0.4, 0.5) is 17.5 Å². The third-order valence-electron chi connectivity index (χ3n) is 5.52. The Morgan fingerprint density at radius 2 is 1.93 bits per heavy atom. The zero-order valence-corrected chi connectivity index (χ0v) is 16.3. The van der Waals surface area contributed by atoms with Crippen LogP contribution < -0.4 is 16.4 Å². The van der Waals surface area contributed by atoms with E-state index >= 15 is 0 Å². The van der Waals surface area contributed by atoms with Gasteiger partial charge in [-0.1, -0.05) is 48.0 Å². The van der Waals surface area contributed by atoms with Crippen LogP contribution in [-0.2, 0) is 13.0 Å².